The molecule has 43 heavy (non-hydrogen) atoms. The van der Waals surface area contributed by atoms with Gasteiger partial charge >= 0.3 is 5.97 Å². The zero-order chi connectivity index (χ0) is 32.9. The lowest BCUT2D eigenvalue weighted by Gasteiger charge is -2.27. The largest absolute Gasteiger partial charge is 0.506 e. The minimum Gasteiger partial charge on any atom is -0.506 e. The van der Waals surface area contributed by atoms with Crippen molar-refractivity contribution in [2.45, 2.75) is 12.0 Å². The number of anilines is 1. The van der Waals surface area contributed by atoms with Crippen molar-refractivity contribution >= 4 is 23.3 Å². The van der Waals surface area contributed by atoms with E-state index < -0.39 is 133 Å². The van der Waals surface area contributed by atoms with Crippen molar-refractivity contribution in [3.63, 3.8) is 0 Å². The Hall–Kier alpha value is -5.34. The van der Waals surface area contributed by atoms with Crippen molar-refractivity contribution in [1.29, 1.82) is 0 Å². The highest BCUT2D eigenvalue weighted by Gasteiger charge is 2.36. The number of hydrogen-bond donors (Lipinski definition) is 18. The summed E-state index contributed by atoms with van der Waals surface area (Å²) in [4.78, 5) is 11.5. The lowest BCUT2D eigenvalue weighted by Crippen LogP contribution is -2.48. The summed E-state index contributed by atoms with van der Waals surface area (Å²) in [5, 5.41) is 164. The molecule has 1 atom stereocenters. The SMILES string of the molecule is O=C(O)c1c(O)c(O)c(O)c(-c2c(O)c(O)c(O)c(NC(O)(O)CNCC(O)c3c(O)c(O)c(O)c(Cl)c3O)c2O)c1O. The van der Waals surface area contributed by atoms with Crippen LogP contribution in [0.1, 0.15) is 22.0 Å². The van der Waals surface area contributed by atoms with Gasteiger partial charge in [-0.05, 0) is 0 Å². The summed E-state index contributed by atoms with van der Waals surface area (Å²) in [5.74, 6) is -22.1. The van der Waals surface area contributed by atoms with E-state index in [1.54, 1.807) is 5.32 Å². The molecule has 0 spiro atoms. The van der Waals surface area contributed by atoms with Gasteiger partial charge in [0.15, 0.2) is 40.2 Å². The molecule has 0 amide bonds. The number of carboxylic acids is 1. The van der Waals surface area contributed by atoms with E-state index >= 15 is 0 Å². The van der Waals surface area contributed by atoms with Gasteiger partial charge in [0.1, 0.15) is 27.8 Å². The average molecular weight is 635 g/mol. The number of phenols is 12. The van der Waals surface area contributed by atoms with Crippen molar-refractivity contribution in [2.24, 2.45) is 0 Å². The van der Waals surface area contributed by atoms with Gasteiger partial charge in [0.25, 0.3) is 5.91 Å². The summed E-state index contributed by atoms with van der Waals surface area (Å²) in [6.45, 7) is -1.85. The molecule has 3 aromatic carbocycles. The minimum atomic E-state index is -3.29. The number of benzene rings is 3. The third-order valence-electron chi connectivity index (χ3n) is 6.00. The highest BCUT2D eigenvalue weighted by atomic mass is 35.5. The molecule has 3 rings (SSSR count). The highest BCUT2D eigenvalue weighted by molar-refractivity contribution is 6.34. The first-order chi connectivity index (χ1) is 19.8. The van der Waals surface area contributed by atoms with Crippen molar-refractivity contribution in [3.8, 4) is 80.1 Å². The Morgan fingerprint density at radius 3 is 1.67 bits per heavy atom. The van der Waals surface area contributed by atoms with E-state index in [0.29, 0.717) is 0 Å². The fourth-order valence-electron chi connectivity index (χ4n) is 3.92. The number of carbonyl (C=O) groups is 1. The molecular weight excluding hydrogens is 612 g/mol. The van der Waals surface area contributed by atoms with Crippen LogP contribution in [0.5, 0.6) is 69.0 Å². The van der Waals surface area contributed by atoms with E-state index in [1.165, 1.54) is 0 Å². The van der Waals surface area contributed by atoms with Crippen LogP contribution in [0.15, 0.2) is 0 Å². The third-order valence-corrected chi connectivity index (χ3v) is 6.36. The van der Waals surface area contributed by atoms with E-state index in [2.05, 4.69) is 5.32 Å². The molecule has 234 valence electrons. The molecule has 1 unspecified atom stereocenters. The van der Waals surface area contributed by atoms with Gasteiger partial charge in [0, 0.05) is 6.54 Å². The quantitative estimate of drug-likeness (QED) is 0.0803. The Bertz CT molecular complexity index is 1610. The second-order valence-corrected chi connectivity index (χ2v) is 9.18. The predicted octanol–water partition coefficient (Wildman–Crippen LogP) is -0.454. The molecule has 0 fully saturated rings. The molecule has 0 aliphatic rings. The van der Waals surface area contributed by atoms with Crippen molar-refractivity contribution < 1.29 is 86.5 Å². The van der Waals surface area contributed by atoms with E-state index in [0.717, 1.165) is 0 Å². The molecule has 0 radical (unpaired) electrons. The summed E-state index contributed by atoms with van der Waals surface area (Å²) in [7, 11) is 0. The fraction of sp³-hybridized carbons (Fsp3) is 0.174. The Morgan fingerprint density at radius 2 is 1.14 bits per heavy atom. The van der Waals surface area contributed by atoms with Crippen molar-refractivity contribution in [1.82, 2.24) is 5.32 Å². The van der Waals surface area contributed by atoms with Crippen LogP contribution in [0.4, 0.5) is 5.69 Å². The van der Waals surface area contributed by atoms with Crippen molar-refractivity contribution in [2.75, 3.05) is 18.4 Å². The van der Waals surface area contributed by atoms with Gasteiger partial charge in [-0.2, -0.15) is 0 Å². The Balaban J connectivity index is 1.99. The first kappa shape index (κ1) is 32.2. The summed E-state index contributed by atoms with van der Waals surface area (Å²) in [5.41, 5.74) is -6.07. The number of carboxylic acid groups (broad SMARTS) is 1. The lowest BCUT2D eigenvalue weighted by molar-refractivity contribution is -0.132. The molecule has 18 N–H and O–H groups in total. The molecule has 0 saturated heterocycles. The lowest BCUT2D eigenvalue weighted by atomic mass is 9.95. The summed E-state index contributed by atoms with van der Waals surface area (Å²) < 4.78 is 0. The number of hydrogen-bond acceptors (Lipinski definition) is 18. The standard InChI is InChI=1S/C23H23ClN2O17/c24-8-11(29)4(13(31)20(38)17(8)35)3(27)1-25-2-23(42,43)26-9-12(30)6(15(33)21(39)18(9)36)5-10(28)7(22(40)41)16(34)19(37)14(5)32/h3,25-39,42-43H,1-2H2,(H,40,41). The van der Waals surface area contributed by atoms with Crippen LogP contribution in [0, 0.1) is 0 Å². The van der Waals surface area contributed by atoms with Gasteiger partial charge in [-0.1, -0.05) is 11.6 Å². The second kappa shape index (κ2) is 11.2. The monoisotopic (exact) mass is 634 g/mol. The van der Waals surface area contributed by atoms with Gasteiger partial charge in [-0.15, -0.1) is 0 Å². The molecule has 0 aliphatic carbocycles. The van der Waals surface area contributed by atoms with Gasteiger partial charge in [0.05, 0.1) is 29.3 Å². The number of nitrogens with one attached hydrogen (secondary N) is 2. The number of phenolic OH excluding ortho intramolecular Hbond substituents is 10. The van der Waals surface area contributed by atoms with E-state index in [1.807, 2.05) is 0 Å². The summed E-state index contributed by atoms with van der Waals surface area (Å²) >= 11 is 5.61. The Labute approximate surface area is 242 Å². The number of halogens is 1. The van der Waals surface area contributed by atoms with E-state index in [-0.39, 0.29) is 0 Å². The predicted molar refractivity (Wildman–Crippen MR) is 139 cm³/mol. The molecule has 0 aromatic heterocycles. The number of aromatic carboxylic acids is 1. The molecule has 0 bridgehead atoms. The fourth-order valence-corrected chi connectivity index (χ4v) is 4.11. The smallest absolute Gasteiger partial charge is 0.343 e. The zero-order valence-corrected chi connectivity index (χ0v) is 21.7. The maximum absolute atomic E-state index is 11.5. The Kier molecular flexibility index (Phi) is 8.34. The second-order valence-electron chi connectivity index (χ2n) is 8.80. The van der Waals surface area contributed by atoms with Gasteiger partial charge < -0.3 is 92.3 Å². The van der Waals surface area contributed by atoms with Gasteiger partial charge in [0.2, 0.25) is 17.2 Å². The normalized spacial score (nSPS) is 12.3. The minimum absolute atomic E-state index is 0.761. The van der Waals surface area contributed by atoms with E-state index in [4.69, 9.17) is 11.6 Å². The maximum Gasteiger partial charge on any atom is 0.343 e. The van der Waals surface area contributed by atoms with Crippen LogP contribution in [-0.4, -0.2) is 107 Å². The third kappa shape index (κ3) is 5.36. The highest BCUT2D eigenvalue weighted by Crippen LogP contribution is 2.60. The average Bonchev–Trinajstić information content (AvgIpc) is 2.92. The first-order valence-corrected chi connectivity index (χ1v) is 11.6. The first-order valence-electron chi connectivity index (χ1n) is 11.3. The van der Waals surface area contributed by atoms with Crippen LogP contribution in [0.3, 0.4) is 0 Å². The number of aliphatic hydroxyl groups excluding tert-OH is 1. The van der Waals surface area contributed by atoms with Crippen LogP contribution in [0.2, 0.25) is 5.02 Å². The molecule has 20 heteroatoms. The topological polar surface area (TPSA) is 365 Å². The molecule has 0 heterocycles. The molecule has 0 aliphatic heterocycles. The van der Waals surface area contributed by atoms with Gasteiger partial charge in [-0.3, -0.25) is 0 Å². The van der Waals surface area contributed by atoms with Crippen LogP contribution in [0.25, 0.3) is 11.1 Å². The number of aromatic hydroxyl groups is 12. The molecule has 0 saturated carbocycles. The van der Waals surface area contributed by atoms with Gasteiger partial charge in [-0.25, -0.2) is 4.79 Å². The molecule has 3 aromatic rings. The number of aliphatic hydroxyl groups is 3. The zero-order valence-electron chi connectivity index (χ0n) is 20.9. The van der Waals surface area contributed by atoms with Crippen LogP contribution < -0.4 is 10.6 Å². The number of rotatable bonds is 9. The maximum atomic E-state index is 11.5. The summed E-state index contributed by atoms with van der Waals surface area (Å²) in [6, 6.07) is 0. The summed E-state index contributed by atoms with van der Waals surface area (Å²) in [6.07, 6.45) is -1.94. The van der Waals surface area contributed by atoms with E-state index in [9.17, 15) is 86.5 Å². The van der Waals surface area contributed by atoms with Crippen LogP contribution in [-0.2, 0) is 0 Å². The molecular formula is C23H23ClN2O17. The molecule has 19 nitrogen and oxygen atoms in total. The van der Waals surface area contributed by atoms with Crippen LogP contribution >= 0.6 is 11.6 Å². The Morgan fingerprint density at radius 1 is 0.651 bits per heavy atom. The van der Waals surface area contributed by atoms with Crippen molar-refractivity contribution in [3.05, 3.63) is 16.1 Å².